The Balaban J connectivity index is 1.48. The van der Waals surface area contributed by atoms with Gasteiger partial charge in [0.2, 0.25) is 0 Å². The van der Waals surface area contributed by atoms with Crippen LogP contribution in [0.2, 0.25) is 0 Å². The van der Waals surface area contributed by atoms with Crippen molar-refractivity contribution in [3.05, 3.63) is 66.3 Å². The molecule has 0 atom stereocenters. The predicted molar refractivity (Wildman–Crippen MR) is 125 cm³/mol. The van der Waals surface area contributed by atoms with Gasteiger partial charge < -0.3 is 9.13 Å². The Morgan fingerprint density at radius 1 is 1.18 bits per heavy atom. The van der Waals surface area contributed by atoms with Gasteiger partial charge in [0.1, 0.15) is 28.6 Å². The van der Waals surface area contributed by atoms with Gasteiger partial charge in [0.25, 0.3) is 10.0 Å². The van der Waals surface area contributed by atoms with Crippen LogP contribution in [0.5, 0.6) is 0 Å². The molecule has 0 saturated heterocycles. The Bertz CT molecular complexity index is 1470. The summed E-state index contributed by atoms with van der Waals surface area (Å²) in [5.74, 6) is 0.168. The molecule has 0 amide bonds. The molecule has 176 valence electrons. The third-order valence-electron chi connectivity index (χ3n) is 5.76. The van der Waals surface area contributed by atoms with Crippen molar-refractivity contribution in [3.63, 3.8) is 0 Å². The zero-order chi connectivity index (χ0) is 24.0. The van der Waals surface area contributed by atoms with Crippen LogP contribution in [0, 0.1) is 12.7 Å². The number of pyridine rings is 1. The van der Waals surface area contributed by atoms with Crippen molar-refractivity contribution >= 4 is 15.8 Å². The van der Waals surface area contributed by atoms with E-state index < -0.39 is 20.7 Å². The number of aryl methyl sites for hydroxylation is 1. The lowest BCUT2D eigenvalue weighted by atomic mass is 10.2. The smallest absolute Gasteiger partial charge is 0.266 e. The van der Waals surface area contributed by atoms with Crippen LogP contribution in [-0.4, -0.2) is 37.7 Å². The van der Waals surface area contributed by atoms with Crippen LogP contribution in [0.25, 0.3) is 17.2 Å². The lowest BCUT2D eigenvalue weighted by molar-refractivity contribution is 0.569. The largest absolute Gasteiger partial charge is 0.310 e. The molecule has 5 rings (SSSR count). The third-order valence-corrected chi connectivity index (χ3v) is 7.13. The number of halogens is 1. The van der Waals surface area contributed by atoms with Crippen LogP contribution in [-0.2, 0) is 10.0 Å². The third kappa shape index (κ3) is 4.18. The van der Waals surface area contributed by atoms with Gasteiger partial charge >= 0.3 is 0 Å². The van der Waals surface area contributed by atoms with Crippen LogP contribution in [0.3, 0.4) is 0 Å². The lowest BCUT2D eigenvalue weighted by Crippen LogP contribution is -2.16. The van der Waals surface area contributed by atoms with Gasteiger partial charge in [-0.15, -0.1) is 10.2 Å². The normalized spacial score (nSPS) is 14.0. The number of hydrogen-bond donors (Lipinski definition) is 1. The molecule has 1 N–H and O–H groups in total. The topological polar surface area (TPSA) is 108 Å². The van der Waals surface area contributed by atoms with E-state index in [9.17, 15) is 12.8 Å². The molecule has 11 heteroatoms. The number of hydrogen-bond acceptors (Lipinski definition) is 6. The molecule has 0 aliphatic heterocycles. The highest BCUT2D eigenvalue weighted by Gasteiger charge is 2.27. The van der Waals surface area contributed by atoms with Crippen LogP contribution >= 0.6 is 0 Å². The van der Waals surface area contributed by atoms with Gasteiger partial charge in [0.05, 0.1) is 17.7 Å². The van der Waals surface area contributed by atoms with Crippen molar-refractivity contribution in [2.24, 2.45) is 0 Å². The highest BCUT2D eigenvalue weighted by atomic mass is 32.2. The van der Waals surface area contributed by atoms with Gasteiger partial charge in [0.15, 0.2) is 5.82 Å². The summed E-state index contributed by atoms with van der Waals surface area (Å²) >= 11 is 0. The number of nitrogens with zero attached hydrogens (tertiary/aromatic N) is 6. The summed E-state index contributed by atoms with van der Waals surface area (Å²) in [5, 5.41) is 8.02. The van der Waals surface area contributed by atoms with Crippen molar-refractivity contribution in [1.29, 1.82) is 0 Å². The van der Waals surface area contributed by atoms with Crippen molar-refractivity contribution in [2.75, 3.05) is 4.72 Å². The minimum absolute atomic E-state index is 0.0518. The monoisotopic (exact) mass is 481 g/mol. The van der Waals surface area contributed by atoms with E-state index in [1.165, 1.54) is 18.2 Å². The van der Waals surface area contributed by atoms with E-state index in [2.05, 4.69) is 24.9 Å². The average Bonchev–Trinajstić information content (AvgIpc) is 3.30. The van der Waals surface area contributed by atoms with E-state index >= 15 is 0 Å². The summed E-state index contributed by atoms with van der Waals surface area (Å²) in [4.78, 5) is 8.32. The first-order valence-electron chi connectivity index (χ1n) is 11.0. The zero-order valence-electron chi connectivity index (χ0n) is 19.0. The number of anilines is 1. The van der Waals surface area contributed by atoms with Crippen LogP contribution in [0.4, 0.5) is 10.2 Å². The fourth-order valence-corrected chi connectivity index (χ4v) is 4.88. The van der Waals surface area contributed by atoms with E-state index in [1.807, 2.05) is 24.6 Å². The standard InChI is InChI=1S/C23H24FN7O2S/c1-14(2)31-13-26-28-23(31)18-5-4-6-22(27-18)29-34(32,33)21-10-20(15(3)9-17(21)24)30-11-19(25-12-30)16-7-8-16/h4-6,9-14,16H,7-8H2,1-3H3,(H,27,29). The molecule has 0 bridgehead atoms. The molecule has 0 spiro atoms. The number of sulfonamides is 1. The summed E-state index contributed by atoms with van der Waals surface area (Å²) in [6, 6.07) is 7.50. The van der Waals surface area contributed by atoms with E-state index in [-0.39, 0.29) is 11.9 Å². The second-order valence-electron chi connectivity index (χ2n) is 8.72. The zero-order valence-corrected chi connectivity index (χ0v) is 19.8. The van der Waals surface area contributed by atoms with E-state index in [0.29, 0.717) is 28.7 Å². The van der Waals surface area contributed by atoms with Gasteiger partial charge in [-0.3, -0.25) is 4.72 Å². The van der Waals surface area contributed by atoms with Gasteiger partial charge in [-0.05, 0) is 63.4 Å². The maximum Gasteiger partial charge on any atom is 0.266 e. The van der Waals surface area contributed by atoms with Crippen LogP contribution in [0.1, 0.15) is 49.9 Å². The molecule has 34 heavy (non-hydrogen) atoms. The summed E-state index contributed by atoms with van der Waals surface area (Å²) in [6.45, 7) is 5.69. The summed E-state index contributed by atoms with van der Waals surface area (Å²) in [6.07, 6.45) is 7.29. The molecule has 9 nitrogen and oxygen atoms in total. The van der Waals surface area contributed by atoms with E-state index in [4.69, 9.17) is 0 Å². The first kappa shape index (κ1) is 22.2. The fraction of sp³-hybridized carbons (Fsp3) is 0.304. The Morgan fingerprint density at radius 2 is 1.97 bits per heavy atom. The molecule has 0 unspecified atom stereocenters. The number of rotatable bonds is 7. The molecular weight excluding hydrogens is 457 g/mol. The molecular formula is C23H24FN7O2S. The molecule has 1 fully saturated rings. The second kappa shape index (κ2) is 8.32. The fourth-order valence-electron chi connectivity index (χ4n) is 3.80. The maximum absolute atomic E-state index is 14.8. The Morgan fingerprint density at radius 3 is 2.71 bits per heavy atom. The highest BCUT2D eigenvalue weighted by Crippen LogP contribution is 2.39. The molecule has 3 aromatic heterocycles. The molecule has 3 heterocycles. The SMILES string of the molecule is Cc1cc(F)c(S(=O)(=O)Nc2cccc(-c3nncn3C(C)C)n2)cc1-n1cnc(C2CC2)c1. The first-order valence-corrected chi connectivity index (χ1v) is 12.5. The lowest BCUT2D eigenvalue weighted by Gasteiger charge is -2.13. The molecule has 1 aliphatic carbocycles. The second-order valence-corrected chi connectivity index (χ2v) is 10.4. The highest BCUT2D eigenvalue weighted by molar-refractivity contribution is 7.92. The number of imidazole rings is 1. The predicted octanol–water partition coefficient (Wildman–Crippen LogP) is 4.23. The number of aromatic nitrogens is 6. The van der Waals surface area contributed by atoms with Gasteiger partial charge in [-0.1, -0.05) is 6.07 Å². The molecule has 1 aliphatic rings. The first-order chi connectivity index (χ1) is 16.2. The summed E-state index contributed by atoms with van der Waals surface area (Å²) < 4.78 is 47.1. The number of benzene rings is 1. The maximum atomic E-state index is 14.8. The minimum Gasteiger partial charge on any atom is -0.310 e. The van der Waals surface area contributed by atoms with Crippen molar-refractivity contribution in [2.45, 2.75) is 50.5 Å². The molecule has 0 radical (unpaired) electrons. The van der Waals surface area contributed by atoms with E-state index in [1.54, 1.807) is 36.3 Å². The molecule has 4 aromatic rings. The van der Waals surface area contributed by atoms with Crippen LogP contribution < -0.4 is 4.72 Å². The van der Waals surface area contributed by atoms with Crippen LogP contribution in [0.15, 0.2) is 54.1 Å². The van der Waals surface area contributed by atoms with Gasteiger partial charge in [0, 0.05) is 18.2 Å². The number of nitrogens with one attached hydrogen (secondary N) is 1. The van der Waals surface area contributed by atoms with Crippen molar-refractivity contribution in [1.82, 2.24) is 29.3 Å². The summed E-state index contributed by atoms with van der Waals surface area (Å²) in [5.41, 5.74) is 2.56. The molecule has 1 aromatic carbocycles. The van der Waals surface area contributed by atoms with Crippen molar-refractivity contribution in [3.8, 4) is 17.2 Å². The Kier molecular flexibility index (Phi) is 5.43. The Hall–Kier alpha value is -3.60. The van der Waals surface area contributed by atoms with E-state index in [0.717, 1.165) is 18.5 Å². The Labute approximate surface area is 196 Å². The van der Waals surface area contributed by atoms with Gasteiger partial charge in [-0.25, -0.2) is 22.8 Å². The quantitative estimate of drug-likeness (QED) is 0.423. The average molecular weight is 482 g/mol. The molecule has 1 saturated carbocycles. The van der Waals surface area contributed by atoms with Crippen molar-refractivity contribution < 1.29 is 12.8 Å². The minimum atomic E-state index is -4.26. The summed E-state index contributed by atoms with van der Waals surface area (Å²) in [7, 11) is -4.26. The van der Waals surface area contributed by atoms with Gasteiger partial charge in [-0.2, -0.15) is 0 Å².